The van der Waals surface area contributed by atoms with Gasteiger partial charge in [0.25, 0.3) is 11.5 Å². The number of carbonyl (C=O) groups is 1. The first-order valence-corrected chi connectivity index (χ1v) is 9.14. The Morgan fingerprint density at radius 3 is 2.66 bits per heavy atom. The number of aromatic nitrogens is 4. The molecule has 4 rings (SSSR count). The number of pyridine rings is 1. The smallest absolute Gasteiger partial charge is 0.297 e. The summed E-state index contributed by atoms with van der Waals surface area (Å²) >= 11 is 6.16. The molecule has 0 radical (unpaired) electrons. The van der Waals surface area contributed by atoms with Gasteiger partial charge in [0.1, 0.15) is 11.3 Å². The van der Waals surface area contributed by atoms with Crippen LogP contribution in [0.15, 0.2) is 41.3 Å². The molecule has 0 aliphatic heterocycles. The molecule has 4 aromatic rings. The van der Waals surface area contributed by atoms with E-state index in [0.717, 1.165) is 15.6 Å². The Morgan fingerprint density at radius 2 is 1.97 bits per heavy atom. The summed E-state index contributed by atoms with van der Waals surface area (Å²) in [5.74, 6) is 0.453. The molecule has 1 amide bonds. The van der Waals surface area contributed by atoms with Crippen molar-refractivity contribution in [3.05, 3.63) is 57.6 Å². The van der Waals surface area contributed by atoms with Crippen LogP contribution in [-0.2, 0) is 7.05 Å². The van der Waals surface area contributed by atoms with Gasteiger partial charge in [-0.1, -0.05) is 17.7 Å². The molecule has 0 saturated carbocycles. The number of aryl methyl sites for hydroxylation is 1. The molecular weight excluding hydrogens is 394 g/mol. The summed E-state index contributed by atoms with van der Waals surface area (Å²) in [5.41, 5.74) is 0.829. The van der Waals surface area contributed by atoms with Crippen LogP contribution in [-0.4, -0.2) is 51.3 Å². The van der Waals surface area contributed by atoms with Crippen LogP contribution in [0.3, 0.4) is 0 Å². The van der Waals surface area contributed by atoms with E-state index < -0.39 is 5.56 Å². The van der Waals surface area contributed by atoms with E-state index in [2.05, 4.69) is 10.1 Å². The van der Waals surface area contributed by atoms with Crippen molar-refractivity contribution >= 4 is 39.3 Å². The van der Waals surface area contributed by atoms with Gasteiger partial charge in [0, 0.05) is 49.2 Å². The standard InChI is InChI=1S/C20H18ClN5O3/c1-24(2)19(27)17-16-13-6-5-11(21)9-14(13)25(3)18(16)20(28)26(23-17)15-10-12(29-4)7-8-22-15/h5-10H,1-4H3. The highest BCUT2D eigenvalue weighted by Gasteiger charge is 2.24. The summed E-state index contributed by atoms with van der Waals surface area (Å²) in [5, 5.41) is 6.15. The molecule has 0 N–H and O–H groups in total. The van der Waals surface area contributed by atoms with E-state index in [0.29, 0.717) is 21.7 Å². The molecule has 0 fully saturated rings. The number of fused-ring (bicyclic) bond motifs is 3. The average molecular weight is 412 g/mol. The Kier molecular flexibility index (Phi) is 4.50. The monoisotopic (exact) mass is 411 g/mol. The van der Waals surface area contributed by atoms with Crippen LogP contribution in [0.1, 0.15) is 10.5 Å². The van der Waals surface area contributed by atoms with Crippen molar-refractivity contribution in [3.8, 4) is 11.6 Å². The van der Waals surface area contributed by atoms with Crippen molar-refractivity contribution in [1.29, 1.82) is 0 Å². The van der Waals surface area contributed by atoms with Crippen molar-refractivity contribution in [2.24, 2.45) is 7.05 Å². The summed E-state index contributed by atoms with van der Waals surface area (Å²) in [6.07, 6.45) is 1.52. The second-order valence-corrected chi connectivity index (χ2v) is 7.20. The third kappa shape index (κ3) is 2.92. The molecule has 1 aromatic carbocycles. The van der Waals surface area contributed by atoms with E-state index in [1.165, 1.54) is 18.2 Å². The molecule has 0 aliphatic carbocycles. The van der Waals surface area contributed by atoms with Gasteiger partial charge in [0.15, 0.2) is 11.5 Å². The molecule has 3 heterocycles. The van der Waals surface area contributed by atoms with Gasteiger partial charge in [0.05, 0.1) is 12.6 Å². The molecule has 0 unspecified atom stereocenters. The molecule has 8 nitrogen and oxygen atoms in total. The summed E-state index contributed by atoms with van der Waals surface area (Å²) in [4.78, 5) is 32.0. The molecular formula is C20H18ClN5O3. The Balaban J connectivity index is 2.19. The maximum atomic E-state index is 13.4. The van der Waals surface area contributed by atoms with Crippen LogP contribution in [0.5, 0.6) is 5.75 Å². The van der Waals surface area contributed by atoms with E-state index in [-0.39, 0.29) is 17.4 Å². The Hall–Kier alpha value is -3.39. The number of ether oxygens (including phenoxy) is 1. The lowest BCUT2D eigenvalue weighted by Gasteiger charge is -2.13. The van der Waals surface area contributed by atoms with E-state index in [4.69, 9.17) is 16.3 Å². The summed E-state index contributed by atoms with van der Waals surface area (Å²) in [7, 11) is 6.55. The predicted molar refractivity (Wildman–Crippen MR) is 111 cm³/mol. The van der Waals surface area contributed by atoms with Gasteiger partial charge in [0.2, 0.25) is 0 Å². The third-order valence-corrected chi connectivity index (χ3v) is 5.01. The highest BCUT2D eigenvalue weighted by atomic mass is 35.5. The van der Waals surface area contributed by atoms with Crippen molar-refractivity contribution in [2.75, 3.05) is 21.2 Å². The van der Waals surface area contributed by atoms with E-state index in [1.54, 1.807) is 56.0 Å². The molecule has 29 heavy (non-hydrogen) atoms. The second-order valence-electron chi connectivity index (χ2n) is 6.76. The number of carbonyl (C=O) groups excluding carboxylic acids is 1. The molecule has 0 aliphatic rings. The fourth-order valence-electron chi connectivity index (χ4n) is 3.35. The maximum absolute atomic E-state index is 13.4. The quantitative estimate of drug-likeness (QED) is 0.517. The molecule has 9 heteroatoms. The summed E-state index contributed by atoms with van der Waals surface area (Å²) in [6, 6.07) is 8.53. The number of nitrogens with zero attached hydrogens (tertiary/aromatic N) is 5. The Bertz CT molecular complexity index is 1340. The van der Waals surface area contributed by atoms with Gasteiger partial charge in [-0.05, 0) is 18.2 Å². The zero-order chi connectivity index (χ0) is 20.9. The highest BCUT2D eigenvalue weighted by molar-refractivity contribution is 6.31. The summed E-state index contributed by atoms with van der Waals surface area (Å²) in [6.45, 7) is 0. The fourth-order valence-corrected chi connectivity index (χ4v) is 3.52. The van der Waals surface area contributed by atoms with Gasteiger partial charge >= 0.3 is 0 Å². The average Bonchev–Trinajstić information content (AvgIpc) is 3.00. The van der Waals surface area contributed by atoms with Gasteiger partial charge in [-0.2, -0.15) is 9.78 Å². The number of hydrogen-bond acceptors (Lipinski definition) is 5. The van der Waals surface area contributed by atoms with Crippen molar-refractivity contribution < 1.29 is 9.53 Å². The number of halogens is 1. The van der Waals surface area contributed by atoms with Crippen molar-refractivity contribution in [1.82, 2.24) is 24.2 Å². The van der Waals surface area contributed by atoms with Crippen molar-refractivity contribution in [3.63, 3.8) is 0 Å². The minimum absolute atomic E-state index is 0.155. The first-order valence-electron chi connectivity index (χ1n) is 8.76. The first kappa shape index (κ1) is 18.9. The van der Waals surface area contributed by atoms with E-state index >= 15 is 0 Å². The number of rotatable bonds is 3. The lowest BCUT2D eigenvalue weighted by molar-refractivity contribution is 0.0822. The van der Waals surface area contributed by atoms with Crippen LogP contribution in [0.2, 0.25) is 5.02 Å². The molecule has 0 spiro atoms. The number of benzene rings is 1. The summed E-state index contributed by atoms with van der Waals surface area (Å²) < 4.78 is 8.08. The second kappa shape index (κ2) is 6.89. The van der Waals surface area contributed by atoms with Gasteiger partial charge in [-0.25, -0.2) is 4.98 Å². The van der Waals surface area contributed by atoms with Crippen LogP contribution >= 0.6 is 11.6 Å². The van der Waals surface area contributed by atoms with Crippen LogP contribution < -0.4 is 10.3 Å². The highest BCUT2D eigenvalue weighted by Crippen LogP contribution is 2.30. The lowest BCUT2D eigenvalue weighted by Crippen LogP contribution is -2.30. The van der Waals surface area contributed by atoms with E-state index in [1.807, 2.05) is 0 Å². The fraction of sp³-hybridized carbons (Fsp3) is 0.200. The number of hydrogen-bond donors (Lipinski definition) is 0. The third-order valence-electron chi connectivity index (χ3n) is 4.77. The van der Waals surface area contributed by atoms with Crippen molar-refractivity contribution in [2.45, 2.75) is 0 Å². The number of methoxy groups -OCH3 is 1. The Morgan fingerprint density at radius 1 is 1.21 bits per heavy atom. The maximum Gasteiger partial charge on any atom is 0.297 e. The van der Waals surface area contributed by atoms with Gasteiger partial charge < -0.3 is 14.2 Å². The number of amides is 1. The SMILES string of the molecule is COc1ccnc(-n2nc(C(=O)N(C)C)c3c4ccc(Cl)cc4n(C)c3c2=O)c1. The lowest BCUT2D eigenvalue weighted by atomic mass is 10.1. The van der Waals surface area contributed by atoms with Gasteiger partial charge in [-0.15, -0.1) is 0 Å². The van der Waals surface area contributed by atoms with E-state index in [9.17, 15) is 9.59 Å². The molecule has 3 aromatic heterocycles. The predicted octanol–water partition coefficient (Wildman–Crippen LogP) is 2.64. The topological polar surface area (TPSA) is 82.2 Å². The minimum Gasteiger partial charge on any atom is -0.497 e. The van der Waals surface area contributed by atoms with Crippen LogP contribution in [0, 0.1) is 0 Å². The minimum atomic E-state index is -0.397. The zero-order valence-electron chi connectivity index (χ0n) is 16.3. The molecule has 0 bridgehead atoms. The first-order chi connectivity index (χ1) is 13.8. The largest absolute Gasteiger partial charge is 0.497 e. The van der Waals surface area contributed by atoms with Crippen LogP contribution in [0.25, 0.3) is 27.6 Å². The molecule has 0 saturated heterocycles. The van der Waals surface area contributed by atoms with Gasteiger partial charge in [-0.3, -0.25) is 9.59 Å². The van der Waals surface area contributed by atoms with Crippen LogP contribution in [0.4, 0.5) is 0 Å². The normalized spacial score (nSPS) is 11.2. The zero-order valence-corrected chi connectivity index (χ0v) is 17.1. The Labute approximate surface area is 170 Å². The molecule has 0 atom stereocenters. The molecule has 148 valence electrons.